The molecule has 0 spiro atoms. The van der Waals surface area contributed by atoms with E-state index in [1.165, 1.54) is 0 Å². The summed E-state index contributed by atoms with van der Waals surface area (Å²) in [4.78, 5) is 3.45. The Kier molecular flexibility index (Phi) is 4.33. The summed E-state index contributed by atoms with van der Waals surface area (Å²) in [6.45, 7) is 2.93. The molecule has 3 rings (SSSR count). The van der Waals surface area contributed by atoms with Gasteiger partial charge in [-0.1, -0.05) is 25.5 Å². The number of nitrogens with one attached hydrogen (secondary N) is 1. The smallest absolute Gasteiger partial charge is 0.128 e. The van der Waals surface area contributed by atoms with Gasteiger partial charge in [0.25, 0.3) is 0 Å². The molecule has 0 fully saturated rings. The van der Waals surface area contributed by atoms with Crippen LogP contribution in [0.2, 0.25) is 0 Å². The lowest BCUT2D eigenvalue weighted by molar-refractivity contribution is 0.310. The second kappa shape index (κ2) is 6.56. The van der Waals surface area contributed by atoms with Gasteiger partial charge in [0.05, 0.1) is 19.4 Å². The zero-order valence-corrected chi connectivity index (χ0v) is 13.1. The highest BCUT2D eigenvalue weighted by Crippen LogP contribution is 2.32. The zero-order valence-electron chi connectivity index (χ0n) is 13.1. The van der Waals surface area contributed by atoms with Gasteiger partial charge >= 0.3 is 0 Å². The lowest BCUT2D eigenvalue weighted by Gasteiger charge is -2.05. The van der Waals surface area contributed by atoms with Crippen LogP contribution in [0, 0.1) is 0 Å². The van der Waals surface area contributed by atoms with Crippen LogP contribution in [0.25, 0.3) is 22.2 Å². The average molecular weight is 295 g/mol. The third-order valence-corrected chi connectivity index (χ3v) is 3.76. The Labute approximate surface area is 130 Å². The van der Waals surface area contributed by atoms with Gasteiger partial charge in [0.2, 0.25) is 0 Å². The predicted octanol–water partition coefficient (Wildman–Crippen LogP) is 5.02. The largest absolute Gasteiger partial charge is 0.496 e. The topological polar surface area (TPSA) is 34.2 Å². The molecule has 0 unspecified atom stereocenters. The van der Waals surface area contributed by atoms with E-state index >= 15 is 0 Å². The molecule has 3 aromatic rings. The van der Waals surface area contributed by atoms with Gasteiger partial charge in [0.15, 0.2) is 0 Å². The van der Waals surface area contributed by atoms with Crippen LogP contribution in [-0.4, -0.2) is 18.7 Å². The zero-order chi connectivity index (χ0) is 15.4. The number of aromatic nitrogens is 1. The Hall–Kier alpha value is -2.42. The van der Waals surface area contributed by atoms with Crippen molar-refractivity contribution in [3.63, 3.8) is 0 Å². The number of para-hydroxylation sites is 1. The molecule has 0 atom stereocenters. The van der Waals surface area contributed by atoms with Crippen molar-refractivity contribution in [3.8, 4) is 22.8 Å². The molecule has 1 aromatic heterocycles. The van der Waals surface area contributed by atoms with Crippen molar-refractivity contribution in [1.82, 2.24) is 4.98 Å². The summed E-state index contributed by atoms with van der Waals surface area (Å²) in [5.41, 5.74) is 3.22. The maximum atomic E-state index is 5.78. The van der Waals surface area contributed by atoms with Crippen LogP contribution in [0.4, 0.5) is 0 Å². The lowest BCUT2D eigenvalue weighted by Crippen LogP contribution is -1.95. The van der Waals surface area contributed by atoms with Crippen LogP contribution in [0.1, 0.15) is 19.8 Å². The van der Waals surface area contributed by atoms with Gasteiger partial charge in [-0.25, -0.2) is 0 Å². The van der Waals surface area contributed by atoms with E-state index in [9.17, 15) is 0 Å². The van der Waals surface area contributed by atoms with Gasteiger partial charge < -0.3 is 14.5 Å². The first-order valence-corrected chi connectivity index (χ1v) is 7.71. The van der Waals surface area contributed by atoms with Gasteiger partial charge in [0.1, 0.15) is 11.5 Å². The number of benzene rings is 2. The van der Waals surface area contributed by atoms with Crippen LogP contribution < -0.4 is 9.47 Å². The number of hydrogen-bond acceptors (Lipinski definition) is 2. The van der Waals surface area contributed by atoms with E-state index in [1.54, 1.807) is 7.11 Å². The third-order valence-electron chi connectivity index (χ3n) is 3.76. The minimum atomic E-state index is 0.770. The Balaban J connectivity index is 1.92. The number of hydrogen-bond donors (Lipinski definition) is 1. The van der Waals surface area contributed by atoms with Crippen molar-refractivity contribution in [2.45, 2.75) is 19.8 Å². The van der Waals surface area contributed by atoms with Gasteiger partial charge in [-0.15, -0.1) is 0 Å². The first-order chi connectivity index (χ1) is 10.8. The average Bonchev–Trinajstić information content (AvgIpc) is 2.98. The molecule has 22 heavy (non-hydrogen) atoms. The van der Waals surface area contributed by atoms with Crippen molar-refractivity contribution in [2.75, 3.05) is 13.7 Å². The number of methoxy groups -OCH3 is 1. The number of unbranched alkanes of at least 4 members (excludes halogenated alkanes) is 1. The van der Waals surface area contributed by atoms with E-state index in [0.29, 0.717) is 0 Å². The molecule has 0 amide bonds. The first kappa shape index (κ1) is 14.5. The second-order valence-electron chi connectivity index (χ2n) is 5.33. The molecule has 0 aliphatic carbocycles. The van der Waals surface area contributed by atoms with Crippen molar-refractivity contribution < 1.29 is 9.47 Å². The monoisotopic (exact) mass is 295 g/mol. The number of H-pyrrole nitrogens is 1. The Morgan fingerprint density at radius 2 is 1.91 bits per heavy atom. The molecule has 0 bridgehead atoms. The molecule has 0 aliphatic heterocycles. The molecule has 0 saturated carbocycles. The van der Waals surface area contributed by atoms with Gasteiger partial charge in [-0.05, 0) is 42.8 Å². The van der Waals surface area contributed by atoms with Crippen molar-refractivity contribution in [2.24, 2.45) is 0 Å². The van der Waals surface area contributed by atoms with Gasteiger partial charge in [0, 0.05) is 16.5 Å². The fourth-order valence-electron chi connectivity index (χ4n) is 2.55. The molecule has 114 valence electrons. The second-order valence-corrected chi connectivity index (χ2v) is 5.33. The fraction of sp³-hybridized carbons (Fsp3) is 0.263. The van der Waals surface area contributed by atoms with Crippen LogP contribution in [0.3, 0.4) is 0 Å². The minimum Gasteiger partial charge on any atom is -0.496 e. The number of fused-ring (bicyclic) bond motifs is 1. The minimum absolute atomic E-state index is 0.770. The molecule has 3 heteroatoms. The Bertz CT molecular complexity index is 761. The summed E-state index contributed by atoms with van der Waals surface area (Å²) in [6, 6.07) is 16.3. The quantitative estimate of drug-likeness (QED) is 0.648. The fourth-order valence-corrected chi connectivity index (χ4v) is 2.55. The number of rotatable bonds is 6. The third kappa shape index (κ3) is 2.93. The summed E-state index contributed by atoms with van der Waals surface area (Å²) in [5, 5.41) is 1.15. The maximum absolute atomic E-state index is 5.78. The Morgan fingerprint density at radius 3 is 2.73 bits per heavy atom. The SMILES string of the molecule is CCCCOc1ccc2[nH]c(-c3ccccc3OC)cc2c1. The van der Waals surface area contributed by atoms with Crippen LogP contribution in [0.5, 0.6) is 11.5 Å². The molecule has 0 aliphatic rings. The molecular weight excluding hydrogens is 274 g/mol. The highest BCUT2D eigenvalue weighted by molar-refractivity contribution is 5.88. The molecule has 0 saturated heterocycles. The Morgan fingerprint density at radius 1 is 1.05 bits per heavy atom. The normalized spacial score (nSPS) is 10.8. The first-order valence-electron chi connectivity index (χ1n) is 7.71. The molecule has 3 nitrogen and oxygen atoms in total. The number of aromatic amines is 1. The molecular formula is C19H21NO2. The number of ether oxygens (including phenoxy) is 2. The van der Waals surface area contributed by atoms with E-state index in [1.807, 2.05) is 24.3 Å². The maximum Gasteiger partial charge on any atom is 0.128 e. The van der Waals surface area contributed by atoms with Crippen molar-refractivity contribution in [3.05, 3.63) is 48.5 Å². The summed E-state index contributed by atoms with van der Waals surface area (Å²) >= 11 is 0. The molecule has 1 N–H and O–H groups in total. The molecule has 0 radical (unpaired) electrons. The van der Waals surface area contributed by atoms with Crippen molar-refractivity contribution >= 4 is 10.9 Å². The highest BCUT2D eigenvalue weighted by Gasteiger charge is 2.08. The van der Waals surface area contributed by atoms with E-state index in [-0.39, 0.29) is 0 Å². The molecule has 2 aromatic carbocycles. The molecule has 1 heterocycles. The van der Waals surface area contributed by atoms with Crippen LogP contribution >= 0.6 is 0 Å². The predicted molar refractivity (Wildman–Crippen MR) is 90.7 cm³/mol. The van der Waals surface area contributed by atoms with E-state index in [4.69, 9.17) is 9.47 Å². The highest BCUT2D eigenvalue weighted by atomic mass is 16.5. The summed E-state index contributed by atoms with van der Waals surface area (Å²) in [7, 11) is 1.70. The van der Waals surface area contributed by atoms with Gasteiger partial charge in [-0.2, -0.15) is 0 Å². The van der Waals surface area contributed by atoms with Gasteiger partial charge in [-0.3, -0.25) is 0 Å². The summed E-state index contributed by atoms with van der Waals surface area (Å²) < 4.78 is 11.2. The van der Waals surface area contributed by atoms with E-state index in [0.717, 1.165) is 53.1 Å². The van der Waals surface area contributed by atoms with E-state index < -0.39 is 0 Å². The lowest BCUT2D eigenvalue weighted by atomic mass is 10.1. The summed E-state index contributed by atoms with van der Waals surface area (Å²) in [6.07, 6.45) is 2.22. The van der Waals surface area contributed by atoms with Crippen LogP contribution in [0.15, 0.2) is 48.5 Å². The van der Waals surface area contributed by atoms with Crippen molar-refractivity contribution in [1.29, 1.82) is 0 Å². The summed E-state index contributed by atoms with van der Waals surface area (Å²) in [5.74, 6) is 1.79. The van der Waals surface area contributed by atoms with Crippen LogP contribution in [-0.2, 0) is 0 Å². The standard InChI is InChI=1S/C19H21NO2/c1-3-4-11-22-15-9-10-17-14(12-15)13-18(20-17)16-7-5-6-8-19(16)21-2/h5-10,12-13,20H,3-4,11H2,1-2H3. The van der Waals surface area contributed by atoms with E-state index in [2.05, 4.69) is 36.2 Å².